The van der Waals surface area contributed by atoms with Gasteiger partial charge in [0.2, 0.25) is 10.0 Å². The van der Waals surface area contributed by atoms with Crippen LogP contribution in [0.1, 0.15) is 62.7 Å². The van der Waals surface area contributed by atoms with E-state index in [1.165, 1.54) is 24.6 Å². The Morgan fingerprint density at radius 2 is 1.68 bits per heavy atom. The van der Waals surface area contributed by atoms with E-state index in [1.807, 2.05) is 0 Å². The van der Waals surface area contributed by atoms with Gasteiger partial charge in [-0.05, 0) is 61.6 Å². The molecule has 8 nitrogen and oxygen atoms in total. The van der Waals surface area contributed by atoms with Gasteiger partial charge in [-0.15, -0.1) is 0 Å². The Bertz CT molecular complexity index is 1030. The Morgan fingerprint density at radius 1 is 1.00 bits per heavy atom. The van der Waals surface area contributed by atoms with Crippen LogP contribution in [0.4, 0.5) is 0 Å². The van der Waals surface area contributed by atoms with E-state index in [4.69, 9.17) is 9.47 Å². The molecule has 0 radical (unpaired) electrons. The Labute approximate surface area is 202 Å². The van der Waals surface area contributed by atoms with E-state index in [1.54, 1.807) is 17.0 Å². The molecule has 5 atom stereocenters. The highest BCUT2D eigenvalue weighted by Gasteiger charge is 2.48. The highest BCUT2D eigenvalue weighted by molar-refractivity contribution is 7.89. The molecule has 5 unspecified atom stereocenters. The standard InChI is InChI=1S/C25H36N2O6S/c1-16-11-17(2)15-26(14-16)34(30,31)23-13-19(9-10-22(23)32-3)24(28)27-20-8-6-5-7-18(20)12-21(27)25(29)33-4/h9-10,13,16-18,20-21H,5-8,11-12,14-15H2,1-4H3. The van der Waals surface area contributed by atoms with Crippen molar-refractivity contribution >= 4 is 21.9 Å². The van der Waals surface area contributed by atoms with Crippen molar-refractivity contribution in [2.75, 3.05) is 27.3 Å². The fourth-order valence-electron chi connectivity index (χ4n) is 6.20. The second-order valence-corrected chi connectivity index (χ2v) is 12.1. The Balaban J connectivity index is 1.70. The minimum absolute atomic E-state index is 0.00356. The van der Waals surface area contributed by atoms with Crippen molar-refractivity contribution in [2.45, 2.75) is 69.4 Å². The lowest BCUT2D eigenvalue weighted by atomic mass is 9.84. The number of amides is 1. The van der Waals surface area contributed by atoms with Crippen LogP contribution in [0.25, 0.3) is 0 Å². The number of benzene rings is 1. The fourth-order valence-corrected chi connectivity index (χ4v) is 8.06. The number of sulfonamides is 1. The largest absolute Gasteiger partial charge is 0.495 e. The number of rotatable bonds is 5. The predicted molar refractivity (Wildman–Crippen MR) is 127 cm³/mol. The van der Waals surface area contributed by atoms with Crippen LogP contribution < -0.4 is 4.74 Å². The summed E-state index contributed by atoms with van der Waals surface area (Å²) in [5, 5.41) is 0. The number of hydrogen-bond acceptors (Lipinski definition) is 6. The molecule has 9 heteroatoms. The number of likely N-dealkylation sites (tertiary alicyclic amines) is 1. The summed E-state index contributed by atoms with van der Waals surface area (Å²) in [6.07, 6.45) is 5.49. The van der Waals surface area contributed by atoms with Gasteiger partial charge in [-0.2, -0.15) is 4.31 Å². The first-order chi connectivity index (χ1) is 16.2. The van der Waals surface area contributed by atoms with Crippen LogP contribution in [0.15, 0.2) is 23.1 Å². The molecule has 0 aromatic heterocycles. The van der Waals surface area contributed by atoms with Crippen molar-refractivity contribution in [1.29, 1.82) is 0 Å². The first-order valence-electron chi connectivity index (χ1n) is 12.3. The second-order valence-electron chi connectivity index (χ2n) is 10.2. The molecule has 2 heterocycles. The number of piperidine rings is 1. The summed E-state index contributed by atoms with van der Waals surface area (Å²) in [4.78, 5) is 28.0. The third kappa shape index (κ3) is 4.56. The molecule has 3 fully saturated rings. The van der Waals surface area contributed by atoms with E-state index in [0.29, 0.717) is 19.5 Å². The summed E-state index contributed by atoms with van der Waals surface area (Å²) < 4.78 is 39.2. The average Bonchev–Trinajstić information content (AvgIpc) is 3.21. The molecule has 1 aromatic rings. The van der Waals surface area contributed by atoms with Gasteiger partial charge in [-0.1, -0.05) is 26.7 Å². The van der Waals surface area contributed by atoms with Crippen LogP contribution in [-0.4, -0.2) is 68.9 Å². The van der Waals surface area contributed by atoms with Gasteiger partial charge >= 0.3 is 5.97 Å². The maximum atomic E-state index is 13.8. The molecule has 3 aliphatic rings. The minimum Gasteiger partial charge on any atom is -0.495 e. The molecular formula is C25H36N2O6S. The molecule has 4 rings (SSSR count). The smallest absolute Gasteiger partial charge is 0.328 e. The molecule has 188 valence electrons. The highest BCUT2D eigenvalue weighted by atomic mass is 32.2. The first-order valence-corrected chi connectivity index (χ1v) is 13.7. The second kappa shape index (κ2) is 9.85. The SMILES string of the molecule is COC(=O)C1CC2CCCCC2N1C(=O)c1ccc(OC)c(S(=O)(=O)N2CC(C)CC(C)C2)c1. The van der Waals surface area contributed by atoms with Gasteiger partial charge in [-0.3, -0.25) is 4.79 Å². The summed E-state index contributed by atoms with van der Waals surface area (Å²) in [5.41, 5.74) is 0.248. The molecule has 2 aliphatic heterocycles. The molecule has 1 aliphatic carbocycles. The van der Waals surface area contributed by atoms with Gasteiger partial charge in [-0.25, -0.2) is 13.2 Å². The van der Waals surface area contributed by atoms with Gasteiger partial charge in [0.1, 0.15) is 16.7 Å². The zero-order valence-electron chi connectivity index (χ0n) is 20.5. The van der Waals surface area contributed by atoms with E-state index >= 15 is 0 Å². The van der Waals surface area contributed by atoms with Gasteiger partial charge in [0.05, 0.1) is 14.2 Å². The van der Waals surface area contributed by atoms with E-state index in [0.717, 1.165) is 32.1 Å². The summed E-state index contributed by atoms with van der Waals surface area (Å²) in [6.45, 7) is 4.98. The Hall–Kier alpha value is -2.13. The molecule has 1 saturated carbocycles. The summed E-state index contributed by atoms with van der Waals surface area (Å²) in [6, 6.07) is 3.88. The van der Waals surface area contributed by atoms with Crippen LogP contribution in [0.3, 0.4) is 0 Å². The molecule has 1 amide bonds. The fraction of sp³-hybridized carbons (Fsp3) is 0.680. The molecule has 0 spiro atoms. The van der Waals surface area contributed by atoms with Crippen molar-refractivity contribution in [3.05, 3.63) is 23.8 Å². The number of methoxy groups -OCH3 is 2. The predicted octanol–water partition coefficient (Wildman–Crippen LogP) is 3.31. The van der Waals surface area contributed by atoms with Gasteiger partial charge in [0.25, 0.3) is 5.91 Å². The number of nitrogens with zero attached hydrogens (tertiary/aromatic N) is 2. The molecule has 34 heavy (non-hydrogen) atoms. The lowest BCUT2D eigenvalue weighted by molar-refractivity contribution is -0.145. The summed E-state index contributed by atoms with van der Waals surface area (Å²) in [5.74, 6) is 0.235. The molecule has 2 saturated heterocycles. The molecule has 0 N–H and O–H groups in total. The van der Waals surface area contributed by atoms with Crippen molar-refractivity contribution < 1.29 is 27.5 Å². The van der Waals surface area contributed by atoms with Gasteiger partial charge in [0.15, 0.2) is 0 Å². The molecule has 0 bridgehead atoms. The topological polar surface area (TPSA) is 93.2 Å². The normalized spacial score (nSPS) is 30.0. The van der Waals surface area contributed by atoms with Crippen LogP contribution in [-0.2, 0) is 19.6 Å². The van der Waals surface area contributed by atoms with Crippen molar-refractivity contribution in [1.82, 2.24) is 9.21 Å². The Kier molecular flexibility index (Phi) is 7.24. The van der Waals surface area contributed by atoms with Crippen LogP contribution in [0, 0.1) is 17.8 Å². The zero-order valence-corrected chi connectivity index (χ0v) is 21.3. The number of carbonyl (C=O) groups is 2. The van der Waals surface area contributed by atoms with Crippen molar-refractivity contribution in [3.8, 4) is 5.75 Å². The van der Waals surface area contributed by atoms with E-state index in [-0.39, 0.29) is 45.9 Å². The number of carbonyl (C=O) groups excluding carboxylic acids is 2. The zero-order chi connectivity index (χ0) is 24.6. The van der Waals surface area contributed by atoms with Gasteiger partial charge < -0.3 is 14.4 Å². The number of hydrogen-bond donors (Lipinski definition) is 0. The number of fused-ring (bicyclic) bond motifs is 1. The number of esters is 1. The molecular weight excluding hydrogens is 456 g/mol. The van der Waals surface area contributed by atoms with Gasteiger partial charge in [0, 0.05) is 24.7 Å². The number of ether oxygens (including phenoxy) is 2. The highest BCUT2D eigenvalue weighted by Crippen LogP contribution is 2.41. The first kappa shape index (κ1) is 25.0. The van der Waals surface area contributed by atoms with Crippen LogP contribution in [0.5, 0.6) is 5.75 Å². The van der Waals surface area contributed by atoms with E-state index in [9.17, 15) is 18.0 Å². The Morgan fingerprint density at radius 3 is 2.32 bits per heavy atom. The quantitative estimate of drug-likeness (QED) is 0.586. The monoisotopic (exact) mass is 492 g/mol. The maximum absolute atomic E-state index is 13.8. The van der Waals surface area contributed by atoms with Crippen molar-refractivity contribution in [3.63, 3.8) is 0 Å². The third-order valence-corrected chi connectivity index (χ3v) is 9.51. The van der Waals surface area contributed by atoms with Crippen LogP contribution >= 0.6 is 0 Å². The lowest BCUT2D eigenvalue weighted by Gasteiger charge is -2.35. The van der Waals surface area contributed by atoms with Crippen LogP contribution in [0.2, 0.25) is 0 Å². The lowest BCUT2D eigenvalue weighted by Crippen LogP contribution is -2.46. The summed E-state index contributed by atoms with van der Waals surface area (Å²) >= 11 is 0. The molecule has 1 aromatic carbocycles. The minimum atomic E-state index is -3.86. The summed E-state index contributed by atoms with van der Waals surface area (Å²) in [7, 11) is -1.09. The third-order valence-electron chi connectivity index (χ3n) is 7.66. The van der Waals surface area contributed by atoms with Crippen molar-refractivity contribution in [2.24, 2.45) is 17.8 Å². The van der Waals surface area contributed by atoms with E-state index in [2.05, 4.69) is 13.8 Å². The average molecular weight is 493 g/mol. The maximum Gasteiger partial charge on any atom is 0.328 e. The van der Waals surface area contributed by atoms with E-state index < -0.39 is 22.0 Å².